The van der Waals surface area contributed by atoms with Gasteiger partial charge in [0, 0.05) is 36.6 Å². The van der Waals surface area contributed by atoms with E-state index in [1.807, 2.05) is 61.6 Å². The molecule has 4 aliphatic heterocycles. The van der Waals surface area contributed by atoms with Crippen LogP contribution in [0.2, 0.25) is 0 Å². The molecule has 11 heteroatoms. The molecule has 0 saturated carbocycles. The fourth-order valence-electron chi connectivity index (χ4n) is 8.18. The van der Waals surface area contributed by atoms with Gasteiger partial charge in [0.1, 0.15) is 17.8 Å². The van der Waals surface area contributed by atoms with Gasteiger partial charge in [0.05, 0.1) is 40.9 Å². The number of carbonyl (C=O) groups excluding carboxylic acids is 1. The Hall–Kier alpha value is -4.64. The van der Waals surface area contributed by atoms with E-state index in [2.05, 4.69) is 18.0 Å². The largest absolute Gasteiger partial charge is 0.544 e. The highest BCUT2D eigenvalue weighted by molar-refractivity contribution is 6.17. The number of fused-ring (bicyclic) bond motifs is 2. The maximum atomic E-state index is 12.5. The summed E-state index contributed by atoms with van der Waals surface area (Å²) in [4.78, 5) is 14.8. The number of carboxylic acids is 1. The molecular formula is C41H45ClN2O8. The summed E-state index contributed by atoms with van der Waals surface area (Å²) >= 11 is 6.26. The molecule has 274 valence electrons. The van der Waals surface area contributed by atoms with Crippen LogP contribution in [0.25, 0.3) is 0 Å². The predicted octanol–water partition coefficient (Wildman–Crippen LogP) is 6.38. The number of alkyl halides is 1. The van der Waals surface area contributed by atoms with Gasteiger partial charge in [-0.05, 0) is 91.5 Å². The first kappa shape index (κ1) is 35.7. The lowest BCUT2D eigenvalue weighted by Gasteiger charge is -2.50. The van der Waals surface area contributed by atoms with Crippen LogP contribution in [0.1, 0.15) is 52.4 Å². The molecule has 4 aromatic rings. The van der Waals surface area contributed by atoms with Gasteiger partial charge in [-0.1, -0.05) is 29.8 Å². The maximum absolute atomic E-state index is 12.5. The van der Waals surface area contributed by atoms with E-state index in [0.29, 0.717) is 71.8 Å². The molecule has 0 N–H and O–H groups in total. The third kappa shape index (κ3) is 6.37. The van der Waals surface area contributed by atoms with E-state index < -0.39 is 12.0 Å². The molecule has 0 fully saturated rings. The van der Waals surface area contributed by atoms with E-state index in [1.54, 1.807) is 28.3 Å². The normalized spacial score (nSPS) is 21.4. The fraction of sp³-hybridized carbons (Fsp3) is 0.390. The second kappa shape index (κ2) is 14.4. The Morgan fingerprint density at radius 1 is 0.904 bits per heavy atom. The Morgan fingerprint density at radius 2 is 1.60 bits per heavy atom. The van der Waals surface area contributed by atoms with Crippen molar-refractivity contribution in [3.8, 4) is 46.0 Å². The minimum Gasteiger partial charge on any atom is -0.544 e. The molecule has 0 spiro atoms. The number of rotatable bonds is 7. The molecule has 0 amide bonds. The van der Waals surface area contributed by atoms with Crippen molar-refractivity contribution < 1.29 is 42.8 Å². The lowest BCUT2D eigenvalue weighted by molar-refractivity contribution is -0.956. The van der Waals surface area contributed by atoms with E-state index in [0.717, 1.165) is 46.3 Å². The van der Waals surface area contributed by atoms with Crippen LogP contribution in [0.4, 0.5) is 0 Å². The van der Waals surface area contributed by atoms with Crippen molar-refractivity contribution >= 4 is 17.6 Å². The number of aliphatic carboxylic acids is 1. The Kier molecular flexibility index (Phi) is 9.91. The van der Waals surface area contributed by atoms with Crippen LogP contribution in [-0.2, 0) is 30.5 Å². The van der Waals surface area contributed by atoms with Gasteiger partial charge < -0.3 is 42.8 Å². The first-order valence-corrected chi connectivity index (χ1v) is 18.1. The molecule has 0 aromatic heterocycles. The lowest BCUT2D eigenvalue weighted by atomic mass is 9.85. The van der Waals surface area contributed by atoms with Crippen molar-refractivity contribution in [2.75, 3.05) is 54.6 Å². The molecule has 52 heavy (non-hydrogen) atoms. The Labute approximate surface area is 309 Å². The number of carbonyl (C=O) groups is 1. The van der Waals surface area contributed by atoms with Gasteiger partial charge in [-0.2, -0.15) is 0 Å². The van der Waals surface area contributed by atoms with Gasteiger partial charge in [-0.15, -0.1) is 0 Å². The Morgan fingerprint density at radius 3 is 2.29 bits per heavy atom. The van der Waals surface area contributed by atoms with Crippen molar-refractivity contribution in [1.29, 1.82) is 0 Å². The molecule has 6 bridgehead atoms. The zero-order valence-corrected chi connectivity index (χ0v) is 31.2. The van der Waals surface area contributed by atoms with Crippen LogP contribution < -0.4 is 33.5 Å². The molecule has 4 unspecified atom stereocenters. The van der Waals surface area contributed by atoms with E-state index >= 15 is 0 Å². The number of likely N-dealkylation sites (N-methyl/N-ethyl adjacent to an activating group) is 2. The first-order chi connectivity index (χ1) is 25.1. The summed E-state index contributed by atoms with van der Waals surface area (Å²) in [5.74, 6) is 3.27. The zero-order chi connectivity index (χ0) is 36.7. The Balaban J connectivity index is 1.50. The van der Waals surface area contributed by atoms with Gasteiger partial charge in [0.2, 0.25) is 5.75 Å². The number of methoxy groups -OCH3 is 3. The molecule has 4 atom stereocenters. The molecular weight excluding hydrogens is 684 g/mol. The van der Waals surface area contributed by atoms with E-state index in [1.165, 1.54) is 0 Å². The van der Waals surface area contributed by atoms with Crippen LogP contribution in [0.15, 0.2) is 60.7 Å². The molecule has 10 nitrogen and oxygen atoms in total. The number of carboxylic acid groups (broad SMARTS) is 1. The summed E-state index contributed by atoms with van der Waals surface area (Å²) in [6.45, 7) is 3.16. The van der Waals surface area contributed by atoms with Crippen LogP contribution in [-0.4, -0.2) is 76.0 Å². The number of quaternary nitrogens is 1. The van der Waals surface area contributed by atoms with Gasteiger partial charge in [0.25, 0.3) is 0 Å². The summed E-state index contributed by atoms with van der Waals surface area (Å²) in [6, 6.07) is 18.8. The molecule has 0 aliphatic carbocycles. The van der Waals surface area contributed by atoms with E-state index in [-0.39, 0.29) is 22.6 Å². The van der Waals surface area contributed by atoms with Crippen molar-refractivity contribution in [2.24, 2.45) is 0 Å². The summed E-state index contributed by atoms with van der Waals surface area (Å²) in [5.41, 5.74) is 6.20. The maximum Gasteiger partial charge on any atom is 0.205 e. The van der Waals surface area contributed by atoms with Crippen LogP contribution >= 0.6 is 11.6 Å². The van der Waals surface area contributed by atoms with Crippen molar-refractivity contribution in [3.05, 3.63) is 94.0 Å². The zero-order valence-electron chi connectivity index (χ0n) is 30.5. The third-order valence-electron chi connectivity index (χ3n) is 11.4. The van der Waals surface area contributed by atoms with Gasteiger partial charge in [-0.3, -0.25) is 4.90 Å². The third-order valence-corrected chi connectivity index (χ3v) is 11.5. The topological polar surface area (TPSA) is 98.8 Å². The quantitative estimate of drug-likeness (QED) is 0.159. The number of benzene rings is 4. The fourth-order valence-corrected chi connectivity index (χ4v) is 8.28. The van der Waals surface area contributed by atoms with Gasteiger partial charge in [0.15, 0.2) is 40.6 Å². The monoisotopic (exact) mass is 728 g/mol. The number of hydrogen-bond donors (Lipinski definition) is 0. The standard InChI is InChI=1S/C41H45ClN2O8/c1-24(41(45)46)44(3)16-14-27-20-34(48-5)36-22-30(27)32(44)18-25-7-10-29(11-8-25)51-35-19-26(9-12-33(35)47-4)17-31-38-28(13-15-43(31)2)21-37(49-6)39(50-23-42)40(38)52-36/h7-12,19-22,24,31-32H,13-18,23H2,1-6H3. The minimum absolute atomic E-state index is 0.121. The predicted molar refractivity (Wildman–Crippen MR) is 195 cm³/mol. The highest BCUT2D eigenvalue weighted by Crippen LogP contribution is 2.52. The van der Waals surface area contributed by atoms with Crippen molar-refractivity contribution in [2.45, 2.75) is 50.7 Å². The number of hydrogen-bond acceptors (Lipinski definition) is 9. The number of halogens is 1. The van der Waals surface area contributed by atoms with E-state index in [4.69, 9.17) is 40.0 Å². The highest BCUT2D eigenvalue weighted by atomic mass is 35.5. The SMILES string of the molecule is COc1ccc2cc1Oc1ccc(cc1)CC1c3cc(c(OC)cc3CC[N+]1(C)C(C)C(=O)[O-])Oc1c(OCCl)c(OC)cc3c1C(C2)N(C)CC3. The number of ether oxygens (including phenoxy) is 6. The lowest BCUT2D eigenvalue weighted by Crippen LogP contribution is -2.62. The summed E-state index contributed by atoms with van der Waals surface area (Å²) in [7, 11) is 8.99. The minimum atomic E-state index is -1.09. The Bertz CT molecular complexity index is 1990. The molecule has 4 aromatic carbocycles. The molecule has 0 radical (unpaired) electrons. The second-order valence-corrected chi connectivity index (χ2v) is 14.3. The van der Waals surface area contributed by atoms with Crippen molar-refractivity contribution in [3.63, 3.8) is 0 Å². The van der Waals surface area contributed by atoms with Crippen LogP contribution in [0, 0.1) is 0 Å². The van der Waals surface area contributed by atoms with Crippen molar-refractivity contribution in [1.82, 2.24) is 4.90 Å². The van der Waals surface area contributed by atoms with Gasteiger partial charge >= 0.3 is 0 Å². The second-order valence-electron chi connectivity index (χ2n) is 14.1. The smallest absolute Gasteiger partial charge is 0.205 e. The summed E-state index contributed by atoms with van der Waals surface area (Å²) < 4.78 is 37.5. The average Bonchev–Trinajstić information content (AvgIpc) is 3.14. The summed E-state index contributed by atoms with van der Waals surface area (Å²) in [6.07, 6.45) is 2.62. The number of nitrogens with zero attached hydrogens (tertiary/aromatic N) is 2. The van der Waals surface area contributed by atoms with Crippen LogP contribution in [0.3, 0.4) is 0 Å². The molecule has 8 rings (SSSR count). The van der Waals surface area contributed by atoms with Gasteiger partial charge in [-0.25, -0.2) is 0 Å². The summed E-state index contributed by atoms with van der Waals surface area (Å²) in [5, 5.41) is 12.5. The molecule has 4 aliphatic rings. The van der Waals surface area contributed by atoms with Crippen LogP contribution in [0.5, 0.6) is 46.0 Å². The molecule has 0 saturated heterocycles. The van der Waals surface area contributed by atoms with E-state index in [9.17, 15) is 9.90 Å². The first-order valence-electron chi connectivity index (χ1n) is 17.6. The average molecular weight is 729 g/mol. The molecule has 4 heterocycles. The highest BCUT2D eigenvalue weighted by Gasteiger charge is 2.44.